The van der Waals surface area contributed by atoms with Gasteiger partial charge in [0.05, 0.1) is 27.5 Å². The fourth-order valence-electron chi connectivity index (χ4n) is 3.60. The van der Waals surface area contributed by atoms with E-state index in [1.54, 1.807) is 72.8 Å². The number of amides is 3. The van der Waals surface area contributed by atoms with Crippen molar-refractivity contribution in [2.75, 3.05) is 4.90 Å². The van der Waals surface area contributed by atoms with Crippen molar-refractivity contribution < 1.29 is 18.8 Å². The zero-order chi connectivity index (χ0) is 26.5. The van der Waals surface area contributed by atoms with E-state index < -0.39 is 29.8 Å². The number of hydrogen-bond acceptors (Lipinski definition) is 6. The second kappa shape index (κ2) is 11.0. The number of carbonyl (C=O) groups is 3. The molecule has 3 aromatic carbocycles. The van der Waals surface area contributed by atoms with Gasteiger partial charge < -0.3 is 4.42 Å². The van der Waals surface area contributed by atoms with Crippen LogP contribution in [-0.2, 0) is 9.59 Å². The number of fused-ring (bicyclic) bond motifs is 1. The largest absolute Gasteiger partial charge is 0.422 e. The minimum atomic E-state index is -0.774. The second-order valence-electron chi connectivity index (χ2n) is 8.24. The van der Waals surface area contributed by atoms with Crippen LogP contribution in [0.2, 0.25) is 5.02 Å². The molecule has 1 N–H and O–H groups in total. The van der Waals surface area contributed by atoms with Gasteiger partial charge in [0.2, 0.25) is 11.8 Å². The molecular formula is C28H22ClN3O5. The summed E-state index contributed by atoms with van der Waals surface area (Å²) in [7, 11) is 0. The molecule has 1 heterocycles. The van der Waals surface area contributed by atoms with E-state index in [-0.39, 0.29) is 21.9 Å². The van der Waals surface area contributed by atoms with Crippen LogP contribution >= 0.6 is 11.6 Å². The number of anilines is 1. The maximum absolute atomic E-state index is 13.3. The average molecular weight is 516 g/mol. The Morgan fingerprint density at radius 2 is 1.62 bits per heavy atom. The Labute approximate surface area is 217 Å². The van der Waals surface area contributed by atoms with Gasteiger partial charge in [0, 0.05) is 5.39 Å². The smallest absolute Gasteiger partial charge is 0.345 e. The number of hydrazone groups is 1. The lowest BCUT2D eigenvalue weighted by molar-refractivity contribution is -0.127. The molecule has 0 aliphatic rings. The van der Waals surface area contributed by atoms with Crippen molar-refractivity contribution in [1.82, 2.24) is 5.43 Å². The number of benzene rings is 3. The highest BCUT2D eigenvalue weighted by Gasteiger charge is 2.27. The van der Waals surface area contributed by atoms with E-state index in [1.165, 1.54) is 13.0 Å². The molecule has 0 atom stereocenters. The van der Waals surface area contributed by atoms with E-state index in [2.05, 4.69) is 10.5 Å². The molecule has 3 amide bonds. The topological polar surface area (TPSA) is 109 Å². The summed E-state index contributed by atoms with van der Waals surface area (Å²) in [4.78, 5) is 52.3. The quantitative estimate of drug-likeness (QED) is 0.171. The Morgan fingerprint density at radius 1 is 0.946 bits per heavy atom. The van der Waals surface area contributed by atoms with Crippen LogP contribution in [-0.4, -0.2) is 23.4 Å². The lowest BCUT2D eigenvalue weighted by Crippen LogP contribution is -2.39. The van der Waals surface area contributed by atoms with Crippen LogP contribution in [0.4, 0.5) is 5.69 Å². The third kappa shape index (κ3) is 5.82. The van der Waals surface area contributed by atoms with Crippen LogP contribution in [0.1, 0.15) is 34.8 Å². The van der Waals surface area contributed by atoms with E-state index in [4.69, 9.17) is 16.0 Å². The number of imide groups is 1. The van der Waals surface area contributed by atoms with Gasteiger partial charge in [-0.2, -0.15) is 5.10 Å². The molecule has 0 saturated carbocycles. The molecule has 1 aromatic heterocycles. The molecule has 4 aromatic rings. The van der Waals surface area contributed by atoms with Crippen molar-refractivity contribution in [1.29, 1.82) is 0 Å². The third-order valence-corrected chi connectivity index (χ3v) is 5.87. The first-order valence-corrected chi connectivity index (χ1v) is 11.7. The Bertz CT molecular complexity index is 1590. The molecule has 186 valence electrons. The van der Waals surface area contributed by atoms with Crippen molar-refractivity contribution in [3.05, 3.63) is 111 Å². The van der Waals surface area contributed by atoms with Gasteiger partial charge in [-0.3, -0.25) is 14.4 Å². The fraction of sp³-hybridized carbons (Fsp3) is 0.107. The van der Waals surface area contributed by atoms with Crippen LogP contribution in [0.3, 0.4) is 0 Å². The number of para-hydroxylation sites is 1. The van der Waals surface area contributed by atoms with E-state index in [9.17, 15) is 19.2 Å². The Kier molecular flexibility index (Phi) is 7.60. The molecule has 0 aliphatic carbocycles. The molecule has 0 bridgehead atoms. The zero-order valence-corrected chi connectivity index (χ0v) is 20.8. The van der Waals surface area contributed by atoms with Gasteiger partial charge in [0.25, 0.3) is 5.91 Å². The molecule has 37 heavy (non-hydrogen) atoms. The van der Waals surface area contributed by atoms with Gasteiger partial charge in [-0.1, -0.05) is 59.6 Å². The molecule has 0 saturated heterocycles. The molecule has 9 heteroatoms. The van der Waals surface area contributed by atoms with Crippen molar-refractivity contribution in [2.24, 2.45) is 5.10 Å². The van der Waals surface area contributed by atoms with Crippen molar-refractivity contribution in [3.63, 3.8) is 0 Å². The molecular weight excluding hydrogens is 494 g/mol. The molecule has 4 rings (SSSR count). The summed E-state index contributed by atoms with van der Waals surface area (Å²) in [6.07, 6.45) is -0.673. The maximum Gasteiger partial charge on any atom is 0.345 e. The molecule has 0 spiro atoms. The van der Waals surface area contributed by atoms with Gasteiger partial charge in [0.1, 0.15) is 12.0 Å². The van der Waals surface area contributed by atoms with E-state index in [0.29, 0.717) is 16.7 Å². The number of nitrogens with zero attached hydrogens (tertiary/aromatic N) is 2. The first kappa shape index (κ1) is 25.5. The lowest BCUT2D eigenvalue weighted by Gasteiger charge is -2.21. The number of nitrogens with one attached hydrogen (secondary N) is 1. The molecule has 0 fully saturated rings. The Hall–Kier alpha value is -4.56. The number of rotatable bonds is 6. The van der Waals surface area contributed by atoms with Crippen LogP contribution in [0, 0.1) is 6.92 Å². The fourth-order valence-corrected chi connectivity index (χ4v) is 3.82. The molecule has 0 unspecified atom stereocenters. The predicted molar refractivity (Wildman–Crippen MR) is 142 cm³/mol. The Morgan fingerprint density at radius 3 is 2.35 bits per heavy atom. The summed E-state index contributed by atoms with van der Waals surface area (Å²) in [5.41, 5.74) is 3.81. The highest BCUT2D eigenvalue weighted by molar-refractivity contribution is 6.36. The van der Waals surface area contributed by atoms with E-state index in [1.807, 2.05) is 6.92 Å². The average Bonchev–Trinajstić information content (AvgIpc) is 2.88. The normalized spacial score (nSPS) is 11.3. The first-order chi connectivity index (χ1) is 17.7. The van der Waals surface area contributed by atoms with Gasteiger partial charge in [-0.15, -0.1) is 0 Å². The molecule has 0 aliphatic heterocycles. The van der Waals surface area contributed by atoms with Crippen LogP contribution < -0.4 is 16.0 Å². The van der Waals surface area contributed by atoms with Gasteiger partial charge in [0.15, 0.2) is 0 Å². The first-order valence-electron chi connectivity index (χ1n) is 11.3. The summed E-state index contributed by atoms with van der Waals surface area (Å²) in [5.74, 6) is -2.20. The lowest BCUT2D eigenvalue weighted by atomic mass is 10.1. The number of halogens is 1. The number of aryl methyl sites for hydroxylation is 1. The van der Waals surface area contributed by atoms with E-state index >= 15 is 0 Å². The Balaban J connectivity index is 1.54. The standard InChI is InChI=1S/C28H22ClN3O5/c1-17-11-13-20(14-12-17)32(27(35)21-8-4-5-9-23(21)29)26(34)16-25(33)31-30-18(2)22-15-19-7-3-6-10-24(19)37-28(22)36/h3-15H,16H2,1-2H3,(H,31,33)/b30-18+. The minimum Gasteiger partial charge on any atom is -0.422 e. The monoisotopic (exact) mass is 515 g/mol. The van der Waals surface area contributed by atoms with Crippen molar-refractivity contribution in [3.8, 4) is 0 Å². The van der Waals surface area contributed by atoms with Gasteiger partial charge in [-0.25, -0.2) is 15.1 Å². The van der Waals surface area contributed by atoms with Crippen LogP contribution in [0.5, 0.6) is 0 Å². The summed E-state index contributed by atoms with van der Waals surface area (Å²) in [5, 5.41) is 4.83. The summed E-state index contributed by atoms with van der Waals surface area (Å²) in [6.45, 7) is 3.40. The summed E-state index contributed by atoms with van der Waals surface area (Å²) in [6, 6.07) is 21.7. The van der Waals surface area contributed by atoms with Gasteiger partial charge >= 0.3 is 5.63 Å². The van der Waals surface area contributed by atoms with Crippen molar-refractivity contribution >= 4 is 51.7 Å². The highest BCUT2D eigenvalue weighted by atomic mass is 35.5. The second-order valence-corrected chi connectivity index (χ2v) is 8.65. The number of carbonyl (C=O) groups excluding carboxylic acids is 3. The molecule has 8 nitrogen and oxygen atoms in total. The number of hydrogen-bond donors (Lipinski definition) is 1. The highest BCUT2D eigenvalue weighted by Crippen LogP contribution is 2.23. The predicted octanol–water partition coefficient (Wildman–Crippen LogP) is 4.86. The third-order valence-electron chi connectivity index (χ3n) is 5.54. The van der Waals surface area contributed by atoms with Crippen LogP contribution in [0.25, 0.3) is 11.0 Å². The SMILES string of the molecule is C/C(=N\NC(=O)CC(=O)N(C(=O)c1ccccc1Cl)c1ccc(C)cc1)c1cc2ccccc2oc1=O. The summed E-state index contributed by atoms with van der Waals surface area (Å²) < 4.78 is 5.29. The minimum absolute atomic E-state index is 0.121. The summed E-state index contributed by atoms with van der Waals surface area (Å²) >= 11 is 6.19. The molecule has 0 radical (unpaired) electrons. The maximum atomic E-state index is 13.3. The van der Waals surface area contributed by atoms with Gasteiger partial charge in [-0.05, 0) is 50.2 Å². The van der Waals surface area contributed by atoms with Crippen LogP contribution in [0.15, 0.2) is 93.2 Å². The zero-order valence-electron chi connectivity index (χ0n) is 20.0. The van der Waals surface area contributed by atoms with E-state index in [0.717, 1.165) is 10.5 Å². The van der Waals surface area contributed by atoms with Crippen molar-refractivity contribution in [2.45, 2.75) is 20.3 Å².